The first-order chi connectivity index (χ1) is 12.5. The van der Waals surface area contributed by atoms with Crippen molar-refractivity contribution in [3.63, 3.8) is 0 Å². The number of amides is 1. The van der Waals surface area contributed by atoms with Crippen LogP contribution in [0, 0.1) is 25.2 Å². The van der Waals surface area contributed by atoms with Crippen LogP contribution in [-0.4, -0.2) is 11.0 Å². The predicted molar refractivity (Wildman–Crippen MR) is 104 cm³/mol. The molecule has 0 saturated carbocycles. The first kappa shape index (κ1) is 17.2. The van der Waals surface area contributed by atoms with Crippen LogP contribution in [0.2, 0.25) is 0 Å². The molecule has 0 aliphatic rings. The molecule has 3 aromatic carbocycles. The van der Waals surface area contributed by atoms with Gasteiger partial charge in [0.15, 0.2) is 0 Å². The standard InChI is InChI=1S/C22H18N2O2/c1-14-6-5-9-20(15(14)2)24-22(26)17(13-23)12-19-18-8-4-3-7-16(18)10-11-21(19)25/h3-12,25H,1-2H3,(H,24,26). The molecule has 0 unspecified atom stereocenters. The molecule has 0 radical (unpaired) electrons. The number of aryl methyl sites for hydroxylation is 1. The maximum absolute atomic E-state index is 12.6. The summed E-state index contributed by atoms with van der Waals surface area (Å²) in [4.78, 5) is 12.6. The maximum atomic E-state index is 12.6. The molecule has 4 nitrogen and oxygen atoms in total. The molecule has 26 heavy (non-hydrogen) atoms. The van der Waals surface area contributed by atoms with Crippen molar-refractivity contribution in [3.05, 3.63) is 76.9 Å². The summed E-state index contributed by atoms with van der Waals surface area (Å²) in [5.74, 6) is -0.482. The zero-order valence-corrected chi connectivity index (χ0v) is 14.6. The van der Waals surface area contributed by atoms with E-state index in [9.17, 15) is 15.2 Å². The van der Waals surface area contributed by atoms with Crippen LogP contribution in [0.25, 0.3) is 16.8 Å². The molecule has 128 valence electrons. The van der Waals surface area contributed by atoms with Crippen LogP contribution in [0.15, 0.2) is 60.2 Å². The van der Waals surface area contributed by atoms with Crippen LogP contribution in [0.3, 0.4) is 0 Å². The molecule has 0 spiro atoms. The second kappa shape index (κ2) is 7.12. The smallest absolute Gasteiger partial charge is 0.266 e. The van der Waals surface area contributed by atoms with E-state index in [0.29, 0.717) is 11.3 Å². The number of phenols is 1. The molecular weight excluding hydrogens is 324 g/mol. The predicted octanol–water partition coefficient (Wildman–Crippen LogP) is 4.71. The summed E-state index contributed by atoms with van der Waals surface area (Å²) >= 11 is 0. The van der Waals surface area contributed by atoms with E-state index in [4.69, 9.17) is 0 Å². The number of carbonyl (C=O) groups is 1. The summed E-state index contributed by atoms with van der Waals surface area (Å²) < 4.78 is 0. The number of hydrogen-bond acceptors (Lipinski definition) is 3. The van der Waals surface area contributed by atoms with E-state index in [1.807, 2.05) is 56.3 Å². The number of rotatable bonds is 3. The number of nitrogens with zero attached hydrogens (tertiary/aromatic N) is 1. The Bertz CT molecular complexity index is 1080. The molecule has 3 rings (SSSR count). The van der Waals surface area contributed by atoms with Gasteiger partial charge in [0.2, 0.25) is 0 Å². The van der Waals surface area contributed by atoms with Crippen molar-refractivity contribution in [1.29, 1.82) is 5.26 Å². The zero-order chi connectivity index (χ0) is 18.7. The number of anilines is 1. The lowest BCUT2D eigenvalue weighted by atomic mass is 10.0. The molecule has 1 amide bonds. The quantitative estimate of drug-likeness (QED) is 0.535. The first-order valence-corrected chi connectivity index (χ1v) is 8.21. The third kappa shape index (κ3) is 3.28. The highest BCUT2D eigenvalue weighted by molar-refractivity contribution is 6.11. The van der Waals surface area contributed by atoms with Crippen LogP contribution in [0.1, 0.15) is 16.7 Å². The number of nitriles is 1. The number of carbonyl (C=O) groups excluding carboxylic acids is 1. The van der Waals surface area contributed by atoms with Gasteiger partial charge in [-0.05, 0) is 54.0 Å². The van der Waals surface area contributed by atoms with Crippen LogP contribution >= 0.6 is 0 Å². The minimum absolute atomic E-state index is 0.0241. The fourth-order valence-corrected chi connectivity index (χ4v) is 2.80. The molecular formula is C22H18N2O2. The lowest BCUT2D eigenvalue weighted by Gasteiger charge is -2.10. The highest BCUT2D eigenvalue weighted by Gasteiger charge is 2.14. The largest absolute Gasteiger partial charge is 0.507 e. The number of aromatic hydroxyl groups is 1. The van der Waals surface area contributed by atoms with E-state index in [0.717, 1.165) is 21.9 Å². The fraction of sp³-hybridized carbons (Fsp3) is 0.0909. The Morgan fingerprint density at radius 3 is 2.62 bits per heavy atom. The third-order valence-electron chi connectivity index (χ3n) is 4.45. The van der Waals surface area contributed by atoms with Gasteiger partial charge in [-0.15, -0.1) is 0 Å². The normalized spacial score (nSPS) is 11.2. The SMILES string of the molecule is Cc1cccc(NC(=O)C(C#N)=Cc2c(O)ccc3ccccc23)c1C. The van der Waals surface area contributed by atoms with Gasteiger partial charge in [0.25, 0.3) is 5.91 Å². The van der Waals surface area contributed by atoms with E-state index in [1.54, 1.807) is 18.2 Å². The minimum atomic E-state index is -0.506. The van der Waals surface area contributed by atoms with Gasteiger partial charge in [0, 0.05) is 11.3 Å². The van der Waals surface area contributed by atoms with Crippen molar-refractivity contribution in [3.8, 4) is 11.8 Å². The zero-order valence-electron chi connectivity index (χ0n) is 14.6. The Balaban J connectivity index is 2.02. The second-order valence-electron chi connectivity index (χ2n) is 6.09. The molecule has 0 aromatic heterocycles. The van der Waals surface area contributed by atoms with Crippen molar-refractivity contribution < 1.29 is 9.90 Å². The first-order valence-electron chi connectivity index (χ1n) is 8.21. The molecule has 3 aromatic rings. The Morgan fingerprint density at radius 2 is 1.85 bits per heavy atom. The van der Waals surface area contributed by atoms with E-state index in [1.165, 1.54) is 6.08 Å². The van der Waals surface area contributed by atoms with Crippen molar-refractivity contribution in [2.45, 2.75) is 13.8 Å². The number of phenolic OH excluding ortho intramolecular Hbond substituents is 1. The average molecular weight is 342 g/mol. The van der Waals surface area contributed by atoms with Gasteiger partial charge in [-0.3, -0.25) is 4.79 Å². The van der Waals surface area contributed by atoms with Gasteiger partial charge in [-0.1, -0.05) is 42.5 Å². The fourth-order valence-electron chi connectivity index (χ4n) is 2.80. The van der Waals surface area contributed by atoms with Gasteiger partial charge in [0.05, 0.1) is 0 Å². The number of benzene rings is 3. The molecule has 0 heterocycles. The Hall–Kier alpha value is -3.58. The van der Waals surface area contributed by atoms with Crippen molar-refractivity contribution in [2.75, 3.05) is 5.32 Å². The average Bonchev–Trinajstić information content (AvgIpc) is 2.64. The number of nitrogens with one attached hydrogen (secondary N) is 1. The molecule has 0 bridgehead atoms. The van der Waals surface area contributed by atoms with E-state index in [-0.39, 0.29) is 11.3 Å². The van der Waals surface area contributed by atoms with Crippen molar-refractivity contribution >= 4 is 28.4 Å². The Kier molecular flexibility index (Phi) is 4.72. The van der Waals surface area contributed by atoms with Gasteiger partial charge in [-0.25, -0.2) is 0 Å². The van der Waals surface area contributed by atoms with Gasteiger partial charge < -0.3 is 10.4 Å². The Morgan fingerprint density at radius 1 is 1.08 bits per heavy atom. The summed E-state index contributed by atoms with van der Waals surface area (Å²) in [6.07, 6.45) is 1.43. The topological polar surface area (TPSA) is 73.1 Å². The molecule has 0 aliphatic heterocycles. The lowest BCUT2D eigenvalue weighted by molar-refractivity contribution is -0.112. The summed E-state index contributed by atoms with van der Waals surface area (Å²) in [7, 11) is 0. The van der Waals surface area contributed by atoms with Crippen molar-refractivity contribution in [2.24, 2.45) is 0 Å². The summed E-state index contributed by atoms with van der Waals surface area (Å²) in [6.45, 7) is 3.87. The van der Waals surface area contributed by atoms with Crippen LogP contribution < -0.4 is 5.32 Å². The van der Waals surface area contributed by atoms with Gasteiger partial charge in [0.1, 0.15) is 17.4 Å². The van der Waals surface area contributed by atoms with E-state index < -0.39 is 5.91 Å². The summed E-state index contributed by atoms with van der Waals surface area (Å²) in [5, 5.41) is 24.2. The van der Waals surface area contributed by atoms with Crippen LogP contribution in [0.5, 0.6) is 5.75 Å². The summed E-state index contributed by atoms with van der Waals surface area (Å²) in [5.41, 5.74) is 3.05. The molecule has 0 saturated heterocycles. The van der Waals surface area contributed by atoms with Crippen LogP contribution in [-0.2, 0) is 4.79 Å². The van der Waals surface area contributed by atoms with Crippen molar-refractivity contribution in [1.82, 2.24) is 0 Å². The molecule has 0 atom stereocenters. The highest BCUT2D eigenvalue weighted by atomic mass is 16.3. The monoisotopic (exact) mass is 342 g/mol. The van der Waals surface area contributed by atoms with Gasteiger partial charge >= 0.3 is 0 Å². The third-order valence-corrected chi connectivity index (χ3v) is 4.45. The second-order valence-corrected chi connectivity index (χ2v) is 6.09. The number of hydrogen-bond donors (Lipinski definition) is 2. The summed E-state index contributed by atoms with van der Waals surface area (Å²) in [6, 6.07) is 18.4. The van der Waals surface area contributed by atoms with Gasteiger partial charge in [-0.2, -0.15) is 5.26 Å². The Labute approximate surface area is 152 Å². The number of fused-ring (bicyclic) bond motifs is 1. The highest BCUT2D eigenvalue weighted by Crippen LogP contribution is 2.29. The molecule has 0 aliphatic carbocycles. The van der Waals surface area contributed by atoms with E-state index >= 15 is 0 Å². The molecule has 2 N–H and O–H groups in total. The molecule has 4 heteroatoms. The lowest BCUT2D eigenvalue weighted by Crippen LogP contribution is -2.14. The van der Waals surface area contributed by atoms with Crippen LogP contribution in [0.4, 0.5) is 5.69 Å². The minimum Gasteiger partial charge on any atom is -0.507 e. The molecule has 0 fully saturated rings. The van der Waals surface area contributed by atoms with E-state index in [2.05, 4.69) is 5.32 Å². The maximum Gasteiger partial charge on any atom is 0.266 e.